The van der Waals surface area contributed by atoms with Gasteiger partial charge in [0.05, 0.1) is 21.6 Å². The highest BCUT2D eigenvalue weighted by atomic mass is 35.5. The fourth-order valence-electron chi connectivity index (χ4n) is 2.94. The molecule has 0 aliphatic carbocycles. The lowest BCUT2D eigenvalue weighted by Gasteiger charge is -2.34. The zero-order chi connectivity index (χ0) is 17.6. The van der Waals surface area contributed by atoms with E-state index in [2.05, 4.69) is 4.98 Å². The van der Waals surface area contributed by atoms with Gasteiger partial charge in [0, 0.05) is 13.1 Å². The third-order valence-electron chi connectivity index (χ3n) is 4.25. The Morgan fingerprint density at radius 2 is 2.21 bits per heavy atom. The lowest BCUT2D eigenvalue weighted by Crippen LogP contribution is -2.46. The molecule has 3 rings (SSSR count). The molecule has 24 heavy (non-hydrogen) atoms. The molecule has 0 amide bonds. The molecule has 1 aliphatic rings. The maximum Gasteiger partial charge on any atom is 0.167 e. The second kappa shape index (κ2) is 5.76. The number of fused-ring (bicyclic) bond motifs is 1. The van der Waals surface area contributed by atoms with E-state index in [1.54, 1.807) is 11.3 Å². The van der Waals surface area contributed by atoms with Crippen LogP contribution in [0.1, 0.15) is 29.9 Å². The molecular weight excluding hydrogens is 352 g/mol. The number of sulfone groups is 1. The predicted octanol–water partition coefficient (Wildman–Crippen LogP) is 1.69. The van der Waals surface area contributed by atoms with Gasteiger partial charge in [0.15, 0.2) is 21.3 Å². The number of aromatic nitrogens is 2. The zero-order valence-corrected chi connectivity index (χ0v) is 14.7. The van der Waals surface area contributed by atoms with Gasteiger partial charge in [-0.3, -0.25) is 9.20 Å². The van der Waals surface area contributed by atoms with Gasteiger partial charge in [0.2, 0.25) is 0 Å². The molecule has 126 valence electrons. The standard InChI is InChI=1S/C15H15ClN4O3S/c1-9-7-19(3-4-24(9,22)23)15-11(10(2)21)5-12(16)14-13(6-17)18-8-20(14)15/h5,8-9H,3-4,7H2,1-2H3. The van der Waals surface area contributed by atoms with Crippen molar-refractivity contribution in [1.82, 2.24) is 9.38 Å². The van der Waals surface area contributed by atoms with Crippen LogP contribution in [-0.4, -0.2) is 47.7 Å². The van der Waals surface area contributed by atoms with Crippen LogP contribution in [0.3, 0.4) is 0 Å². The Balaban J connectivity index is 2.25. The maximum atomic E-state index is 12.1. The smallest absolute Gasteiger partial charge is 0.167 e. The van der Waals surface area contributed by atoms with E-state index in [0.29, 0.717) is 16.9 Å². The summed E-state index contributed by atoms with van der Waals surface area (Å²) in [5, 5.41) is 8.91. The van der Waals surface area contributed by atoms with Crippen LogP contribution >= 0.6 is 11.6 Å². The number of anilines is 1. The SMILES string of the molecule is CC(=O)c1cc(Cl)c2c(C#N)ncn2c1N1CCS(=O)(=O)C(C)C1. The minimum atomic E-state index is -3.13. The van der Waals surface area contributed by atoms with Crippen molar-refractivity contribution in [2.75, 3.05) is 23.7 Å². The first-order valence-electron chi connectivity index (χ1n) is 7.33. The molecule has 1 atom stereocenters. The lowest BCUT2D eigenvalue weighted by atomic mass is 10.1. The van der Waals surface area contributed by atoms with Crippen LogP contribution < -0.4 is 4.90 Å². The molecule has 0 saturated carbocycles. The quantitative estimate of drug-likeness (QED) is 0.750. The Morgan fingerprint density at radius 1 is 1.50 bits per heavy atom. The number of hydrogen-bond donors (Lipinski definition) is 0. The number of nitriles is 1. The number of nitrogens with zero attached hydrogens (tertiary/aromatic N) is 4. The third-order valence-corrected chi connectivity index (χ3v) is 6.67. The average Bonchev–Trinajstić information content (AvgIpc) is 2.94. The molecule has 7 nitrogen and oxygen atoms in total. The van der Waals surface area contributed by atoms with Crippen molar-refractivity contribution in [2.24, 2.45) is 0 Å². The van der Waals surface area contributed by atoms with Crippen molar-refractivity contribution in [2.45, 2.75) is 19.1 Å². The fraction of sp³-hybridized carbons (Fsp3) is 0.400. The molecule has 1 fully saturated rings. The Bertz CT molecular complexity index is 990. The van der Waals surface area contributed by atoms with E-state index in [1.165, 1.54) is 19.3 Å². The number of imidazole rings is 1. The molecule has 0 spiro atoms. The van der Waals surface area contributed by atoms with E-state index < -0.39 is 15.1 Å². The summed E-state index contributed by atoms with van der Waals surface area (Å²) in [6, 6.07) is 3.49. The Hall–Kier alpha value is -2.11. The van der Waals surface area contributed by atoms with Crippen LogP contribution in [0.2, 0.25) is 5.02 Å². The van der Waals surface area contributed by atoms with Crippen molar-refractivity contribution in [3.05, 3.63) is 28.7 Å². The molecule has 3 heterocycles. The molecule has 1 saturated heterocycles. The van der Waals surface area contributed by atoms with Crippen molar-refractivity contribution >= 4 is 38.6 Å². The van der Waals surface area contributed by atoms with Crippen molar-refractivity contribution in [1.29, 1.82) is 5.26 Å². The lowest BCUT2D eigenvalue weighted by molar-refractivity contribution is 0.101. The summed E-state index contributed by atoms with van der Waals surface area (Å²) in [6.45, 7) is 3.60. The van der Waals surface area contributed by atoms with Crippen LogP contribution in [0.4, 0.5) is 5.82 Å². The van der Waals surface area contributed by atoms with Gasteiger partial charge in [-0.2, -0.15) is 5.26 Å². The first-order chi connectivity index (χ1) is 11.3. The van der Waals surface area contributed by atoms with Gasteiger partial charge in [-0.05, 0) is 19.9 Å². The molecule has 2 aromatic heterocycles. The molecule has 1 unspecified atom stereocenters. The van der Waals surface area contributed by atoms with Crippen molar-refractivity contribution < 1.29 is 13.2 Å². The second-order valence-corrected chi connectivity index (χ2v) is 8.78. The molecule has 1 aliphatic heterocycles. The number of Topliss-reactive ketones (excluding diaryl/α,β-unsaturated/α-hetero) is 1. The summed E-state index contributed by atoms with van der Waals surface area (Å²) < 4.78 is 25.5. The van der Waals surface area contributed by atoms with E-state index in [9.17, 15) is 18.5 Å². The number of halogens is 1. The van der Waals surface area contributed by atoms with E-state index >= 15 is 0 Å². The van der Waals surface area contributed by atoms with Gasteiger partial charge in [0.1, 0.15) is 23.7 Å². The molecule has 0 aromatic carbocycles. The molecule has 0 bridgehead atoms. The maximum absolute atomic E-state index is 12.1. The molecule has 0 N–H and O–H groups in total. The van der Waals surface area contributed by atoms with Gasteiger partial charge < -0.3 is 4.90 Å². The summed E-state index contributed by atoms with van der Waals surface area (Å²) >= 11 is 6.24. The fourth-order valence-corrected chi connectivity index (χ4v) is 4.51. The second-order valence-electron chi connectivity index (χ2n) is 5.83. The molecule has 0 radical (unpaired) electrons. The minimum absolute atomic E-state index is 0.00936. The summed E-state index contributed by atoms with van der Waals surface area (Å²) in [6.07, 6.45) is 1.44. The van der Waals surface area contributed by atoms with Crippen LogP contribution in [0, 0.1) is 11.3 Å². The highest BCUT2D eigenvalue weighted by molar-refractivity contribution is 7.92. The number of carbonyl (C=O) groups is 1. The highest BCUT2D eigenvalue weighted by Crippen LogP contribution is 2.32. The van der Waals surface area contributed by atoms with Gasteiger partial charge in [-0.1, -0.05) is 11.6 Å². The van der Waals surface area contributed by atoms with Crippen LogP contribution in [-0.2, 0) is 9.84 Å². The van der Waals surface area contributed by atoms with Crippen molar-refractivity contribution in [3.63, 3.8) is 0 Å². The van der Waals surface area contributed by atoms with E-state index in [4.69, 9.17) is 11.6 Å². The Morgan fingerprint density at radius 3 is 2.79 bits per heavy atom. The Labute approximate surface area is 144 Å². The summed E-state index contributed by atoms with van der Waals surface area (Å²) in [7, 11) is -3.13. The van der Waals surface area contributed by atoms with Crippen LogP contribution in [0.5, 0.6) is 0 Å². The van der Waals surface area contributed by atoms with E-state index in [-0.39, 0.29) is 35.3 Å². The largest absolute Gasteiger partial charge is 0.355 e. The number of rotatable bonds is 2. The molecule has 2 aromatic rings. The summed E-state index contributed by atoms with van der Waals surface area (Å²) in [5.41, 5.74) is 0.954. The topological polar surface area (TPSA) is 95.5 Å². The van der Waals surface area contributed by atoms with Crippen LogP contribution in [0.25, 0.3) is 5.52 Å². The number of ketones is 1. The van der Waals surface area contributed by atoms with E-state index in [0.717, 1.165) is 0 Å². The van der Waals surface area contributed by atoms with Gasteiger partial charge >= 0.3 is 0 Å². The predicted molar refractivity (Wildman–Crippen MR) is 90.4 cm³/mol. The normalized spacial score (nSPS) is 20.1. The third kappa shape index (κ3) is 2.54. The van der Waals surface area contributed by atoms with Crippen molar-refractivity contribution in [3.8, 4) is 6.07 Å². The first kappa shape index (κ1) is 16.7. The van der Waals surface area contributed by atoms with Crippen LogP contribution in [0.15, 0.2) is 12.4 Å². The minimum Gasteiger partial charge on any atom is -0.355 e. The number of carbonyl (C=O) groups excluding carboxylic acids is 1. The Kier molecular flexibility index (Phi) is 4.01. The number of pyridine rings is 1. The number of hydrogen-bond acceptors (Lipinski definition) is 6. The van der Waals surface area contributed by atoms with Gasteiger partial charge in [-0.25, -0.2) is 13.4 Å². The van der Waals surface area contributed by atoms with E-state index in [1.807, 2.05) is 11.0 Å². The molecular formula is C15H15ClN4O3S. The van der Waals surface area contributed by atoms with Gasteiger partial charge in [-0.15, -0.1) is 0 Å². The zero-order valence-electron chi connectivity index (χ0n) is 13.2. The highest BCUT2D eigenvalue weighted by Gasteiger charge is 2.32. The monoisotopic (exact) mass is 366 g/mol. The first-order valence-corrected chi connectivity index (χ1v) is 9.42. The average molecular weight is 367 g/mol. The molecule has 9 heteroatoms. The summed E-state index contributed by atoms with van der Waals surface area (Å²) in [5.74, 6) is 0.342. The van der Waals surface area contributed by atoms with Gasteiger partial charge in [0.25, 0.3) is 0 Å². The summed E-state index contributed by atoms with van der Waals surface area (Å²) in [4.78, 5) is 18.0.